The van der Waals surface area contributed by atoms with Crippen molar-refractivity contribution in [2.75, 3.05) is 11.9 Å². The molecule has 3 heterocycles. The van der Waals surface area contributed by atoms with Gasteiger partial charge < -0.3 is 8.83 Å². The molecule has 9 nitrogen and oxygen atoms in total. The molecule has 0 spiro atoms. The zero-order chi connectivity index (χ0) is 20.0. The highest BCUT2D eigenvalue weighted by atomic mass is 16.4. The molecule has 9 heteroatoms. The first-order valence-electron chi connectivity index (χ1n) is 8.68. The minimum Gasteiger partial charge on any atom is -0.451 e. The van der Waals surface area contributed by atoms with Gasteiger partial charge in [-0.05, 0) is 24.3 Å². The average molecular weight is 388 g/mol. The predicted molar refractivity (Wildman–Crippen MR) is 99.9 cm³/mol. The van der Waals surface area contributed by atoms with Crippen LogP contribution in [0.4, 0.5) is 6.01 Å². The van der Waals surface area contributed by atoms with E-state index in [2.05, 4.69) is 15.5 Å². The molecule has 3 amide bonds. The standard InChI is InChI=1S/C20H12N4O5/c25-16(10-24-18(26)12-6-2-3-7-13(12)19(24)27)21-20-23-22-17(29-20)15-9-11-5-1-4-8-14(11)28-15/h1-9H,10H2,(H,21,23,25). The number of anilines is 1. The lowest BCUT2D eigenvalue weighted by molar-refractivity contribution is -0.116. The minimum absolute atomic E-state index is 0.0947. The van der Waals surface area contributed by atoms with Crippen molar-refractivity contribution < 1.29 is 23.2 Å². The van der Waals surface area contributed by atoms with E-state index in [0.29, 0.717) is 11.3 Å². The molecule has 4 aromatic rings. The monoisotopic (exact) mass is 388 g/mol. The molecule has 0 atom stereocenters. The Morgan fingerprint density at radius 2 is 1.62 bits per heavy atom. The molecule has 5 rings (SSSR count). The van der Waals surface area contributed by atoms with Gasteiger partial charge in [0.2, 0.25) is 5.91 Å². The number of fused-ring (bicyclic) bond motifs is 2. The van der Waals surface area contributed by atoms with Crippen molar-refractivity contribution >= 4 is 34.7 Å². The highest BCUT2D eigenvalue weighted by Crippen LogP contribution is 2.27. The van der Waals surface area contributed by atoms with Crippen molar-refractivity contribution in [1.82, 2.24) is 15.1 Å². The fourth-order valence-corrected chi connectivity index (χ4v) is 3.15. The molecule has 29 heavy (non-hydrogen) atoms. The number of hydrogen-bond donors (Lipinski definition) is 1. The molecule has 1 aliphatic heterocycles. The summed E-state index contributed by atoms with van der Waals surface area (Å²) in [5.74, 6) is -1.22. The molecule has 0 saturated carbocycles. The van der Waals surface area contributed by atoms with E-state index >= 15 is 0 Å². The maximum Gasteiger partial charge on any atom is 0.322 e. The van der Waals surface area contributed by atoms with E-state index in [0.717, 1.165) is 10.3 Å². The van der Waals surface area contributed by atoms with E-state index in [9.17, 15) is 14.4 Å². The lowest BCUT2D eigenvalue weighted by Crippen LogP contribution is -2.37. The predicted octanol–water partition coefficient (Wildman–Crippen LogP) is 2.72. The Balaban J connectivity index is 1.30. The number of furan rings is 1. The van der Waals surface area contributed by atoms with Crippen molar-refractivity contribution in [2.45, 2.75) is 0 Å². The summed E-state index contributed by atoms with van der Waals surface area (Å²) in [5, 5.41) is 10.9. The molecule has 2 aromatic carbocycles. The van der Waals surface area contributed by atoms with E-state index in [1.807, 2.05) is 18.2 Å². The number of hydrogen-bond acceptors (Lipinski definition) is 7. The second-order valence-electron chi connectivity index (χ2n) is 6.35. The molecular weight excluding hydrogens is 376 g/mol. The van der Waals surface area contributed by atoms with Gasteiger partial charge in [0.1, 0.15) is 12.1 Å². The molecular formula is C20H12N4O5. The van der Waals surface area contributed by atoms with Crippen LogP contribution in [0.15, 0.2) is 63.4 Å². The van der Waals surface area contributed by atoms with Crippen molar-refractivity contribution in [2.24, 2.45) is 0 Å². The molecule has 1 aliphatic rings. The third kappa shape index (κ3) is 2.85. The SMILES string of the molecule is O=C(CN1C(=O)c2ccccc2C1=O)Nc1nnc(-c2cc3ccccc3o2)o1. The van der Waals surface area contributed by atoms with Gasteiger partial charge in [-0.25, -0.2) is 0 Å². The lowest BCUT2D eigenvalue weighted by Gasteiger charge is -2.12. The average Bonchev–Trinajstić information content (AvgIpc) is 3.42. The molecule has 0 bridgehead atoms. The van der Waals surface area contributed by atoms with Gasteiger partial charge in [-0.15, -0.1) is 5.10 Å². The minimum atomic E-state index is -0.640. The summed E-state index contributed by atoms with van der Waals surface area (Å²) in [5.41, 5.74) is 1.21. The molecule has 0 aliphatic carbocycles. The highest BCUT2D eigenvalue weighted by Gasteiger charge is 2.36. The number of carbonyl (C=O) groups is 3. The summed E-state index contributed by atoms with van der Waals surface area (Å²) in [6.45, 7) is -0.464. The van der Waals surface area contributed by atoms with Gasteiger partial charge in [-0.3, -0.25) is 24.6 Å². The summed E-state index contributed by atoms with van der Waals surface area (Å²) in [7, 11) is 0. The quantitative estimate of drug-likeness (QED) is 0.534. The highest BCUT2D eigenvalue weighted by molar-refractivity contribution is 6.22. The van der Waals surface area contributed by atoms with Crippen LogP contribution in [0.5, 0.6) is 0 Å². The van der Waals surface area contributed by atoms with E-state index in [1.165, 1.54) is 0 Å². The normalized spacial score (nSPS) is 13.2. The van der Waals surface area contributed by atoms with Gasteiger partial charge in [-0.2, -0.15) is 0 Å². The molecule has 0 saturated heterocycles. The van der Waals surface area contributed by atoms with Gasteiger partial charge in [0.25, 0.3) is 17.7 Å². The van der Waals surface area contributed by atoms with Crippen LogP contribution < -0.4 is 5.32 Å². The van der Waals surface area contributed by atoms with Crippen LogP contribution in [0.25, 0.3) is 22.6 Å². The van der Waals surface area contributed by atoms with Crippen LogP contribution in [-0.2, 0) is 4.79 Å². The zero-order valence-corrected chi connectivity index (χ0v) is 14.8. The number of para-hydroxylation sites is 1. The van der Waals surface area contributed by atoms with Crippen molar-refractivity contribution in [3.05, 3.63) is 65.7 Å². The Morgan fingerprint density at radius 3 is 2.34 bits per heavy atom. The van der Waals surface area contributed by atoms with E-state index < -0.39 is 24.3 Å². The summed E-state index contributed by atoms with van der Waals surface area (Å²) in [4.78, 5) is 37.8. The second kappa shape index (κ2) is 6.41. The summed E-state index contributed by atoms with van der Waals surface area (Å²) in [6, 6.07) is 15.4. The smallest absolute Gasteiger partial charge is 0.322 e. The second-order valence-corrected chi connectivity index (χ2v) is 6.35. The van der Waals surface area contributed by atoms with Gasteiger partial charge >= 0.3 is 6.01 Å². The Labute approximate surface area is 162 Å². The Morgan fingerprint density at radius 1 is 0.931 bits per heavy atom. The molecule has 2 aromatic heterocycles. The topological polar surface area (TPSA) is 119 Å². The summed E-state index contributed by atoms with van der Waals surface area (Å²) in [6.07, 6.45) is 0. The van der Waals surface area contributed by atoms with Crippen LogP contribution in [-0.4, -0.2) is 39.4 Å². The number of rotatable bonds is 4. The van der Waals surface area contributed by atoms with Crippen LogP contribution in [0.3, 0.4) is 0 Å². The van der Waals surface area contributed by atoms with Crippen LogP contribution in [0.2, 0.25) is 0 Å². The fraction of sp³-hybridized carbons (Fsp3) is 0.0500. The number of imide groups is 1. The Kier molecular flexibility index (Phi) is 3.73. The number of aromatic nitrogens is 2. The van der Waals surface area contributed by atoms with Crippen LogP contribution >= 0.6 is 0 Å². The molecule has 142 valence electrons. The van der Waals surface area contributed by atoms with Gasteiger partial charge in [-0.1, -0.05) is 35.4 Å². The van der Waals surface area contributed by atoms with Gasteiger partial charge in [0, 0.05) is 5.39 Å². The maximum absolute atomic E-state index is 12.3. The largest absolute Gasteiger partial charge is 0.451 e. The van der Waals surface area contributed by atoms with E-state index in [-0.39, 0.29) is 23.0 Å². The number of nitrogens with one attached hydrogen (secondary N) is 1. The number of nitrogens with zero attached hydrogens (tertiary/aromatic N) is 3. The third-order valence-corrected chi connectivity index (χ3v) is 4.49. The molecule has 1 N–H and O–H groups in total. The zero-order valence-electron chi connectivity index (χ0n) is 14.8. The van der Waals surface area contributed by atoms with Crippen molar-refractivity contribution in [1.29, 1.82) is 0 Å². The summed E-state index contributed by atoms with van der Waals surface area (Å²) < 4.78 is 11.1. The van der Waals surface area contributed by atoms with E-state index in [4.69, 9.17) is 8.83 Å². The Hall–Kier alpha value is -4.27. The van der Waals surface area contributed by atoms with Crippen molar-refractivity contribution in [3.8, 4) is 11.7 Å². The number of carbonyl (C=O) groups excluding carboxylic acids is 3. The van der Waals surface area contributed by atoms with E-state index in [1.54, 1.807) is 36.4 Å². The van der Waals surface area contributed by atoms with Crippen LogP contribution in [0, 0.1) is 0 Å². The first-order chi connectivity index (χ1) is 14.1. The molecule has 0 fully saturated rings. The van der Waals surface area contributed by atoms with Crippen LogP contribution in [0.1, 0.15) is 20.7 Å². The first kappa shape index (κ1) is 16.9. The van der Waals surface area contributed by atoms with Gasteiger partial charge in [0.05, 0.1) is 11.1 Å². The maximum atomic E-state index is 12.3. The fourth-order valence-electron chi connectivity index (χ4n) is 3.15. The van der Waals surface area contributed by atoms with Gasteiger partial charge in [0.15, 0.2) is 5.76 Å². The lowest BCUT2D eigenvalue weighted by atomic mass is 10.1. The summed E-state index contributed by atoms with van der Waals surface area (Å²) >= 11 is 0. The van der Waals surface area contributed by atoms with Crippen molar-refractivity contribution in [3.63, 3.8) is 0 Å². The Bertz CT molecular complexity index is 1220. The first-order valence-corrected chi connectivity index (χ1v) is 8.68. The number of amides is 3. The molecule has 0 radical (unpaired) electrons. The number of benzene rings is 2. The third-order valence-electron chi connectivity index (χ3n) is 4.49. The molecule has 0 unspecified atom stereocenters.